The summed E-state index contributed by atoms with van der Waals surface area (Å²) < 4.78 is 44.7. The molecule has 1 amide bonds. The van der Waals surface area contributed by atoms with Crippen molar-refractivity contribution in [1.82, 2.24) is 4.31 Å². The van der Waals surface area contributed by atoms with Crippen molar-refractivity contribution in [2.24, 2.45) is 0 Å². The van der Waals surface area contributed by atoms with Crippen LogP contribution >= 0.6 is 0 Å². The lowest BCUT2D eigenvalue weighted by atomic mass is 9.85. The predicted octanol–water partition coefficient (Wildman–Crippen LogP) is 1.65. The summed E-state index contributed by atoms with van der Waals surface area (Å²) in [6, 6.07) is 4.59. The minimum Gasteiger partial charge on any atom is -0.464 e. The van der Waals surface area contributed by atoms with Gasteiger partial charge in [-0.2, -0.15) is 12.7 Å². The fourth-order valence-corrected chi connectivity index (χ4v) is 3.01. The Labute approximate surface area is 135 Å². The molecule has 0 bridgehead atoms. The lowest BCUT2D eigenvalue weighted by Crippen LogP contribution is -2.36. The number of amides is 1. The first kappa shape index (κ1) is 17.4. The molecule has 0 N–H and O–H groups in total. The van der Waals surface area contributed by atoms with E-state index in [2.05, 4.69) is 4.74 Å². The van der Waals surface area contributed by atoms with Crippen LogP contribution in [0.5, 0.6) is 11.5 Å². The molecule has 0 aromatic heterocycles. The summed E-state index contributed by atoms with van der Waals surface area (Å²) >= 11 is 0. The summed E-state index contributed by atoms with van der Waals surface area (Å²) in [5.74, 6) is 0.654. The highest BCUT2D eigenvalue weighted by molar-refractivity contribution is 7.85. The number of nitrogens with zero attached hydrogens (tertiary/aromatic N) is 1. The maximum atomic E-state index is 12.0. The summed E-state index contributed by atoms with van der Waals surface area (Å²) in [6.45, 7) is 3.82. The first-order valence-corrected chi connectivity index (χ1v) is 8.10. The van der Waals surface area contributed by atoms with Gasteiger partial charge in [-0.3, -0.25) is 0 Å². The highest BCUT2D eigenvalue weighted by Gasteiger charge is 2.42. The second-order valence-electron chi connectivity index (χ2n) is 5.54. The lowest BCUT2D eigenvalue weighted by molar-refractivity contribution is -0.0779. The standard InChI is InChI=1S/C14H19NO7S/c1-14(2)10-8-9(6-7-11(10)21-12(14)19-4)22-23(17,18)15(3)13(16)20-5/h6-8,12H,1-5H3. The maximum absolute atomic E-state index is 12.0. The summed E-state index contributed by atoms with van der Waals surface area (Å²) in [4.78, 5) is 11.3. The molecular formula is C14H19NO7S. The van der Waals surface area contributed by atoms with Crippen molar-refractivity contribution in [2.45, 2.75) is 25.6 Å². The zero-order valence-electron chi connectivity index (χ0n) is 13.5. The fourth-order valence-electron chi connectivity index (χ4n) is 2.30. The number of fused-ring (bicyclic) bond motifs is 1. The Bertz CT molecular complexity index is 714. The van der Waals surface area contributed by atoms with Gasteiger partial charge >= 0.3 is 16.4 Å². The number of benzene rings is 1. The molecule has 0 fully saturated rings. The fraction of sp³-hybridized carbons (Fsp3) is 0.500. The van der Waals surface area contributed by atoms with E-state index in [0.29, 0.717) is 10.1 Å². The van der Waals surface area contributed by atoms with Crippen molar-refractivity contribution < 1.29 is 31.6 Å². The van der Waals surface area contributed by atoms with Gasteiger partial charge in [0.05, 0.1) is 12.5 Å². The van der Waals surface area contributed by atoms with Crippen molar-refractivity contribution >= 4 is 16.4 Å². The van der Waals surface area contributed by atoms with Gasteiger partial charge in [-0.15, -0.1) is 0 Å². The summed E-state index contributed by atoms with van der Waals surface area (Å²) in [6.07, 6.45) is -1.53. The van der Waals surface area contributed by atoms with Gasteiger partial charge in [-0.05, 0) is 32.0 Å². The Hall–Kier alpha value is -2.00. The molecule has 0 saturated carbocycles. The van der Waals surface area contributed by atoms with E-state index in [1.54, 1.807) is 12.1 Å². The molecule has 23 heavy (non-hydrogen) atoms. The number of hydrogen-bond acceptors (Lipinski definition) is 7. The Kier molecular flexibility index (Phi) is 4.45. The number of carbonyl (C=O) groups is 1. The quantitative estimate of drug-likeness (QED) is 0.819. The van der Waals surface area contributed by atoms with Crippen LogP contribution in [0.4, 0.5) is 4.79 Å². The Morgan fingerprint density at radius 1 is 1.30 bits per heavy atom. The molecule has 0 spiro atoms. The van der Waals surface area contributed by atoms with Crippen LogP contribution < -0.4 is 8.92 Å². The van der Waals surface area contributed by atoms with Gasteiger partial charge in [-0.25, -0.2) is 4.79 Å². The van der Waals surface area contributed by atoms with E-state index >= 15 is 0 Å². The molecule has 1 atom stereocenters. The van der Waals surface area contributed by atoms with Gasteiger partial charge < -0.3 is 18.4 Å². The average molecular weight is 345 g/mol. The topological polar surface area (TPSA) is 91.4 Å². The van der Waals surface area contributed by atoms with Crippen molar-refractivity contribution in [3.05, 3.63) is 23.8 Å². The minimum absolute atomic E-state index is 0.0629. The molecule has 1 aromatic carbocycles. The SMILES string of the molecule is COC(=O)N(C)S(=O)(=O)Oc1ccc2c(c1)C(C)(C)C(OC)O2. The molecule has 9 heteroatoms. The first-order valence-electron chi connectivity index (χ1n) is 6.73. The van der Waals surface area contributed by atoms with Crippen molar-refractivity contribution in [3.63, 3.8) is 0 Å². The van der Waals surface area contributed by atoms with Crippen LogP contribution in [0.2, 0.25) is 0 Å². The maximum Gasteiger partial charge on any atom is 0.425 e. The highest BCUT2D eigenvalue weighted by Crippen LogP contribution is 2.44. The van der Waals surface area contributed by atoms with Gasteiger partial charge in [0.2, 0.25) is 6.29 Å². The van der Waals surface area contributed by atoms with Crippen molar-refractivity contribution in [2.75, 3.05) is 21.3 Å². The molecule has 1 aliphatic rings. The van der Waals surface area contributed by atoms with Crippen LogP contribution in [-0.4, -0.2) is 46.4 Å². The summed E-state index contributed by atoms with van der Waals surface area (Å²) in [5, 5.41) is 0. The molecule has 128 valence electrons. The third kappa shape index (κ3) is 3.06. The largest absolute Gasteiger partial charge is 0.464 e. The number of hydrogen-bond donors (Lipinski definition) is 0. The van der Waals surface area contributed by atoms with Crippen LogP contribution in [0.15, 0.2) is 18.2 Å². The number of carbonyl (C=O) groups excluding carboxylic acids is 1. The van der Waals surface area contributed by atoms with E-state index in [1.807, 2.05) is 13.8 Å². The van der Waals surface area contributed by atoms with Crippen molar-refractivity contribution in [3.8, 4) is 11.5 Å². The van der Waals surface area contributed by atoms with Gasteiger partial charge in [0.25, 0.3) is 0 Å². The molecule has 2 rings (SSSR count). The van der Waals surface area contributed by atoms with E-state index in [4.69, 9.17) is 13.7 Å². The van der Waals surface area contributed by atoms with Gasteiger partial charge in [-0.1, -0.05) is 0 Å². The van der Waals surface area contributed by atoms with Crippen LogP contribution in [0, 0.1) is 0 Å². The van der Waals surface area contributed by atoms with Gasteiger partial charge in [0.1, 0.15) is 11.5 Å². The van der Waals surface area contributed by atoms with E-state index in [9.17, 15) is 13.2 Å². The van der Waals surface area contributed by atoms with Crippen molar-refractivity contribution in [1.29, 1.82) is 0 Å². The average Bonchev–Trinajstić information content (AvgIpc) is 2.76. The Morgan fingerprint density at radius 3 is 2.52 bits per heavy atom. The molecule has 8 nitrogen and oxygen atoms in total. The number of rotatable bonds is 4. The molecule has 1 unspecified atom stereocenters. The second kappa shape index (κ2) is 5.89. The Balaban J connectivity index is 2.30. The predicted molar refractivity (Wildman–Crippen MR) is 80.6 cm³/mol. The normalized spacial score (nSPS) is 18.7. The first-order chi connectivity index (χ1) is 10.6. The zero-order valence-corrected chi connectivity index (χ0v) is 14.3. The van der Waals surface area contributed by atoms with E-state index in [-0.39, 0.29) is 5.75 Å². The molecule has 1 heterocycles. The molecule has 0 aliphatic carbocycles. The molecule has 1 aliphatic heterocycles. The van der Waals surface area contributed by atoms with Crippen LogP contribution in [-0.2, 0) is 25.2 Å². The third-order valence-electron chi connectivity index (χ3n) is 3.65. The van der Waals surface area contributed by atoms with Crippen LogP contribution in [0.3, 0.4) is 0 Å². The monoisotopic (exact) mass is 345 g/mol. The Morgan fingerprint density at radius 2 is 1.96 bits per heavy atom. The van der Waals surface area contributed by atoms with Gasteiger partial charge in [0, 0.05) is 19.7 Å². The lowest BCUT2D eigenvalue weighted by Gasteiger charge is -2.24. The molecule has 0 radical (unpaired) electrons. The molecule has 1 aromatic rings. The smallest absolute Gasteiger partial charge is 0.425 e. The second-order valence-corrected chi connectivity index (χ2v) is 7.11. The highest BCUT2D eigenvalue weighted by atomic mass is 32.2. The minimum atomic E-state index is -4.31. The van der Waals surface area contributed by atoms with E-state index < -0.39 is 28.1 Å². The van der Waals surface area contributed by atoms with E-state index in [1.165, 1.54) is 13.2 Å². The zero-order chi connectivity index (χ0) is 17.4. The van der Waals surface area contributed by atoms with E-state index in [0.717, 1.165) is 19.7 Å². The summed E-state index contributed by atoms with van der Waals surface area (Å²) in [7, 11) is -0.656. The van der Waals surface area contributed by atoms with Gasteiger partial charge in [0.15, 0.2) is 0 Å². The molecular weight excluding hydrogens is 326 g/mol. The number of ether oxygens (including phenoxy) is 3. The summed E-state index contributed by atoms with van der Waals surface area (Å²) in [5.41, 5.74) is 0.263. The molecule has 0 saturated heterocycles. The number of methoxy groups -OCH3 is 2. The van der Waals surface area contributed by atoms with Crippen LogP contribution in [0.25, 0.3) is 0 Å². The van der Waals surface area contributed by atoms with Crippen LogP contribution in [0.1, 0.15) is 19.4 Å². The third-order valence-corrected chi connectivity index (χ3v) is 4.87.